The van der Waals surface area contributed by atoms with Crippen molar-refractivity contribution >= 4 is 17.2 Å². The molecule has 0 N–H and O–H groups in total. The summed E-state index contributed by atoms with van der Waals surface area (Å²) >= 11 is 1.59. The number of aromatic nitrogens is 3. The standard InChI is InChI=1S/C17H18N4OS/c1-12-15(10-21(3)19-12)17(22)20(2)9-14-11-23-16(18-14)13-7-5-4-6-8-13/h4-8,10-11H,9H2,1-3H3. The van der Waals surface area contributed by atoms with E-state index in [0.29, 0.717) is 12.1 Å². The van der Waals surface area contributed by atoms with Crippen LogP contribution in [0.2, 0.25) is 0 Å². The summed E-state index contributed by atoms with van der Waals surface area (Å²) in [6.07, 6.45) is 1.75. The summed E-state index contributed by atoms with van der Waals surface area (Å²) < 4.78 is 1.66. The highest BCUT2D eigenvalue weighted by molar-refractivity contribution is 7.13. The number of carbonyl (C=O) groups is 1. The fourth-order valence-corrected chi connectivity index (χ4v) is 3.24. The highest BCUT2D eigenvalue weighted by Gasteiger charge is 2.18. The monoisotopic (exact) mass is 326 g/mol. The van der Waals surface area contributed by atoms with E-state index in [9.17, 15) is 4.79 Å². The second-order valence-corrected chi connectivity index (χ2v) is 6.33. The molecule has 0 radical (unpaired) electrons. The molecule has 3 aromatic rings. The number of nitrogens with zero attached hydrogens (tertiary/aromatic N) is 4. The van der Waals surface area contributed by atoms with Crippen molar-refractivity contribution in [3.63, 3.8) is 0 Å². The van der Waals surface area contributed by atoms with E-state index in [-0.39, 0.29) is 5.91 Å². The van der Waals surface area contributed by atoms with Gasteiger partial charge in [0.25, 0.3) is 5.91 Å². The van der Waals surface area contributed by atoms with Crippen molar-refractivity contribution in [2.75, 3.05) is 7.05 Å². The van der Waals surface area contributed by atoms with Crippen molar-refractivity contribution in [1.29, 1.82) is 0 Å². The maximum absolute atomic E-state index is 12.5. The van der Waals surface area contributed by atoms with Crippen LogP contribution >= 0.6 is 11.3 Å². The Morgan fingerprint density at radius 1 is 1.30 bits per heavy atom. The zero-order valence-corrected chi connectivity index (χ0v) is 14.2. The largest absolute Gasteiger partial charge is 0.336 e. The van der Waals surface area contributed by atoms with Crippen LogP contribution in [0.15, 0.2) is 41.9 Å². The molecule has 118 valence electrons. The van der Waals surface area contributed by atoms with Crippen LogP contribution in [0.1, 0.15) is 21.7 Å². The van der Waals surface area contributed by atoms with E-state index < -0.39 is 0 Å². The van der Waals surface area contributed by atoms with Crippen LogP contribution in [0.25, 0.3) is 10.6 Å². The predicted octanol–water partition coefficient (Wildman–Crippen LogP) is 3.12. The molecule has 0 aliphatic carbocycles. The van der Waals surface area contributed by atoms with Crippen LogP contribution in [0.5, 0.6) is 0 Å². The third-order valence-corrected chi connectivity index (χ3v) is 4.50. The van der Waals surface area contributed by atoms with Gasteiger partial charge in [-0.3, -0.25) is 9.48 Å². The molecule has 0 fully saturated rings. The number of hydrogen-bond donors (Lipinski definition) is 0. The number of rotatable bonds is 4. The van der Waals surface area contributed by atoms with Gasteiger partial charge in [0, 0.05) is 31.2 Å². The van der Waals surface area contributed by atoms with Crippen molar-refractivity contribution in [3.8, 4) is 10.6 Å². The van der Waals surface area contributed by atoms with Crippen LogP contribution in [0.3, 0.4) is 0 Å². The number of amides is 1. The fourth-order valence-electron chi connectivity index (χ4n) is 2.42. The van der Waals surface area contributed by atoms with Crippen LogP contribution in [-0.4, -0.2) is 32.6 Å². The molecule has 0 saturated carbocycles. The van der Waals surface area contributed by atoms with Crippen molar-refractivity contribution < 1.29 is 4.79 Å². The normalized spacial score (nSPS) is 10.7. The molecule has 0 atom stereocenters. The minimum atomic E-state index is -0.0372. The lowest BCUT2D eigenvalue weighted by molar-refractivity contribution is 0.0783. The zero-order chi connectivity index (χ0) is 16.4. The Hall–Kier alpha value is -2.47. The number of carbonyl (C=O) groups excluding carboxylic acids is 1. The van der Waals surface area contributed by atoms with E-state index in [4.69, 9.17) is 0 Å². The highest BCUT2D eigenvalue weighted by Crippen LogP contribution is 2.24. The molecular formula is C17H18N4OS. The van der Waals surface area contributed by atoms with Crippen LogP contribution in [0, 0.1) is 6.92 Å². The number of hydrogen-bond acceptors (Lipinski definition) is 4. The van der Waals surface area contributed by atoms with E-state index in [0.717, 1.165) is 22.0 Å². The fraction of sp³-hybridized carbons (Fsp3) is 0.235. The van der Waals surface area contributed by atoms with Gasteiger partial charge < -0.3 is 4.90 Å². The zero-order valence-electron chi connectivity index (χ0n) is 13.4. The number of aryl methyl sites for hydroxylation is 2. The van der Waals surface area contributed by atoms with Crippen molar-refractivity contribution in [2.45, 2.75) is 13.5 Å². The van der Waals surface area contributed by atoms with Crippen LogP contribution < -0.4 is 0 Å². The summed E-state index contributed by atoms with van der Waals surface area (Å²) in [5, 5.41) is 7.19. The van der Waals surface area contributed by atoms with Crippen molar-refractivity contribution in [2.24, 2.45) is 7.05 Å². The van der Waals surface area contributed by atoms with Gasteiger partial charge in [0.2, 0.25) is 0 Å². The van der Waals surface area contributed by atoms with Crippen LogP contribution in [-0.2, 0) is 13.6 Å². The summed E-state index contributed by atoms with van der Waals surface area (Å²) in [6.45, 7) is 2.33. The molecule has 2 heterocycles. The molecular weight excluding hydrogens is 308 g/mol. The molecule has 5 nitrogen and oxygen atoms in total. The predicted molar refractivity (Wildman–Crippen MR) is 91.3 cm³/mol. The maximum Gasteiger partial charge on any atom is 0.257 e. The summed E-state index contributed by atoms with van der Waals surface area (Å²) in [5.74, 6) is -0.0372. The minimum absolute atomic E-state index is 0.0372. The van der Waals surface area contributed by atoms with Gasteiger partial charge in [-0.25, -0.2) is 4.98 Å². The summed E-state index contributed by atoms with van der Waals surface area (Å²) in [7, 11) is 3.60. The van der Waals surface area contributed by atoms with E-state index in [2.05, 4.69) is 10.1 Å². The summed E-state index contributed by atoms with van der Waals surface area (Å²) in [4.78, 5) is 18.8. The maximum atomic E-state index is 12.5. The summed E-state index contributed by atoms with van der Waals surface area (Å²) in [5.41, 5.74) is 3.37. The second kappa shape index (κ2) is 6.34. The van der Waals surface area contributed by atoms with Gasteiger partial charge in [-0.15, -0.1) is 11.3 Å². The Morgan fingerprint density at radius 2 is 2.04 bits per heavy atom. The summed E-state index contributed by atoms with van der Waals surface area (Å²) in [6, 6.07) is 10.1. The first-order chi connectivity index (χ1) is 11.0. The molecule has 0 aliphatic rings. The molecule has 0 saturated heterocycles. The lowest BCUT2D eigenvalue weighted by atomic mass is 10.2. The van der Waals surface area contributed by atoms with Gasteiger partial charge >= 0.3 is 0 Å². The Kier molecular flexibility index (Phi) is 4.25. The first-order valence-corrected chi connectivity index (χ1v) is 8.18. The van der Waals surface area contributed by atoms with Gasteiger partial charge in [0.15, 0.2) is 0 Å². The lowest BCUT2D eigenvalue weighted by Crippen LogP contribution is -2.26. The average Bonchev–Trinajstić information content (AvgIpc) is 3.13. The molecule has 3 rings (SSSR count). The molecule has 1 aromatic carbocycles. The molecule has 0 unspecified atom stereocenters. The van der Waals surface area contributed by atoms with E-state index >= 15 is 0 Å². The molecule has 0 bridgehead atoms. The van der Waals surface area contributed by atoms with Gasteiger partial charge in [0.05, 0.1) is 23.5 Å². The lowest BCUT2D eigenvalue weighted by Gasteiger charge is -2.15. The molecule has 1 amide bonds. The second-order valence-electron chi connectivity index (χ2n) is 5.47. The first-order valence-electron chi connectivity index (χ1n) is 7.30. The van der Waals surface area contributed by atoms with Crippen molar-refractivity contribution in [1.82, 2.24) is 19.7 Å². The first kappa shape index (κ1) is 15.4. The third-order valence-electron chi connectivity index (χ3n) is 3.56. The average molecular weight is 326 g/mol. The minimum Gasteiger partial charge on any atom is -0.336 e. The topological polar surface area (TPSA) is 51.0 Å². The van der Waals surface area contributed by atoms with Gasteiger partial charge in [0.1, 0.15) is 5.01 Å². The van der Waals surface area contributed by atoms with E-state index in [1.165, 1.54) is 0 Å². The molecule has 0 aliphatic heterocycles. The number of thiazole rings is 1. The Labute approximate surface area is 139 Å². The van der Waals surface area contributed by atoms with Gasteiger partial charge in [-0.2, -0.15) is 5.10 Å². The number of benzene rings is 1. The molecule has 6 heteroatoms. The Morgan fingerprint density at radius 3 is 2.70 bits per heavy atom. The molecule has 0 spiro atoms. The van der Waals surface area contributed by atoms with Gasteiger partial charge in [-0.1, -0.05) is 30.3 Å². The third kappa shape index (κ3) is 3.32. The Balaban J connectivity index is 1.73. The smallest absolute Gasteiger partial charge is 0.257 e. The molecule has 2 aromatic heterocycles. The Bertz CT molecular complexity index is 822. The van der Waals surface area contributed by atoms with Crippen molar-refractivity contribution in [3.05, 3.63) is 58.9 Å². The van der Waals surface area contributed by atoms with E-state index in [1.807, 2.05) is 49.7 Å². The van der Waals surface area contributed by atoms with Crippen LogP contribution in [0.4, 0.5) is 0 Å². The van der Waals surface area contributed by atoms with E-state index in [1.54, 1.807) is 34.2 Å². The SMILES string of the molecule is Cc1nn(C)cc1C(=O)N(C)Cc1csc(-c2ccccc2)n1. The highest BCUT2D eigenvalue weighted by atomic mass is 32.1. The van der Waals surface area contributed by atoms with Gasteiger partial charge in [-0.05, 0) is 6.92 Å². The quantitative estimate of drug-likeness (QED) is 0.740. The molecule has 23 heavy (non-hydrogen) atoms.